The SMILES string of the molecule is CCOc1ccc2oc(C(=O)N/N=C/c3ccc(OCc4ccc(Cl)cc4Cl)c(I)c3)cc2c1. The summed E-state index contributed by atoms with van der Waals surface area (Å²) in [6.07, 6.45) is 1.55. The second kappa shape index (κ2) is 11.1. The monoisotopic (exact) mass is 608 g/mol. The summed E-state index contributed by atoms with van der Waals surface area (Å²) in [5.41, 5.74) is 4.73. The third kappa shape index (κ3) is 6.02. The first-order chi connectivity index (χ1) is 16.4. The molecule has 0 fully saturated rings. The Balaban J connectivity index is 1.36. The van der Waals surface area contributed by atoms with Crippen LogP contribution in [0.25, 0.3) is 11.0 Å². The predicted octanol–water partition coefficient (Wildman–Crippen LogP) is 7.09. The second-order valence-electron chi connectivity index (χ2n) is 7.16. The summed E-state index contributed by atoms with van der Waals surface area (Å²) >= 11 is 14.3. The topological polar surface area (TPSA) is 73.1 Å². The fourth-order valence-corrected chi connectivity index (χ4v) is 4.28. The zero-order chi connectivity index (χ0) is 24.1. The molecule has 0 radical (unpaired) electrons. The number of ether oxygens (including phenoxy) is 2. The van der Waals surface area contributed by atoms with Crippen molar-refractivity contribution < 1.29 is 18.7 Å². The molecule has 9 heteroatoms. The van der Waals surface area contributed by atoms with Crippen molar-refractivity contribution in [3.8, 4) is 11.5 Å². The summed E-state index contributed by atoms with van der Waals surface area (Å²) < 4.78 is 17.8. The lowest BCUT2D eigenvalue weighted by atomic mass is 10.2. The molecule has 0 aliphatic rings. The average Bonchev–Trinajstić information content (AvgIpc) is 3.23. The number of nitrogens with one attached hydrogen (secondary N) is 1. The van der Waals surface area contributed by atoms with Gasteiger partial charge in [-0.1, -0.05) is 29.3 Å². The van der Waals surface area contributed by atoms with Gasteiger partial charge >= 0.3 is 5.91 Å². The van der Waals surface area contributed by atoms with Gasteiger partial charge in [0.1, 0.15) is 23.7 Å². The zero-order valence-corrected chi connectivity index (χ0v) is 21.6. The first-order valence-electron chi connectivity index (χ1n) is 10.3. The Morgan fingerprint density at radius 1 is 1.09 bits per heavy atom. The van der Waals surface area contributed by atoms with Crippen molar-refractivity contribution >= 4 is 68.9 Å². The Morgan fingerprint density at radius 3 is 2.71 bits per heavy atom. The minimum absolute atomic E-state index is 0.167. The third-order valence-electron chi connectivity index (χ3n) is 4.76. The Hall–Kier alpha value is -2.75. The molecule has 174 valence electrons. The van der Waals surface area contributed by atoms with Crippen LogP contribution in [-0.4, -0.2) is 18.7 Å². The number of benzene rings is 3. The van der Waals surface area contributed by atoms with Gasteiger partial charge in [-0.25, -0.2) is 5.43 Å². The van der Waals surface area contributed by atoms with E-state index in [0.29, 0.717) is 34.6 Å². The first-order valence-corrected chi connectivity index (χ1v) is 12.1. The van der Waals surface area contributed by atoms with E-state index in [9.17, 15) is 4.79 Å². The molecule has 6 nitrogen and oxygen atoms in total. The normalized spacial score (nSPS) is 11.2. The summed E-state index contributed by atoms with van der Waals surface area (Å²) in [6, 6.07) is 17.9. The molecule has 4 rings (SSSR count). The van der Waals surface area contributed by atoms with Gasteiger partial charge in [-0.2, -0.15) is 5.10 Å². The smallest absolute Gasteiger partial charge is 0.307 e. The molecule has 3 aromatic carbocycles. The standard InChI is InChI=1S/C25H19Cl2IN2O4/c1-2-32-19-6-8-22-17(10-19)11-24(34-22)25(31)30-29-13-15-3-7-23(21(28)9-15)33-14-16-4-5-18(26)12-20(16)27/h3-13H,2,14H2,1H3,(H,30,31)/b29-13+. The van der Waals surface area contributed by atoms with Crippen LogP contribution in [0.15, 0.2) is 70.2 Å². The van der Waals surface area contributed by atoms with Crippen LogP contribution >= 0.6 is 45.8 Å². The van der Waals surface area contributed by atoms with E-state index in [4.69, 9.17) is 37.1 Å². The van der Waals surface area contributed by atoms with E-state index >= 15 is 0 Å². The van der Waals surface area contributed by atoms with Crippen LogP contribution in [-0.2, 0) is 6.61 Å². The quantitative estimate of drug-likeness (QED) is 0.132. The van der Waals surface area contributed by atoms with E-state index in [1.807, 2.05) is 37.3 Å². The van der Waals surface area contributed by atoms with Crippen molar-refractivity contribution in [2.24, 2.45) is 5.10 Å². The molecule has 0 unspecified atom stereocenters. The number of hydrogen-bond donors (Lipinski definition) is 1. The fraction of sp³-hybridized carbons (Fsp3) is 0.120. The first kappa shape index (κ1) is 24.4. The third-order valence-corrected chi connectivity index (χ3v) is 6.19. The number of hydrazone groups is 1. The van der Waals surface area contributed by atoms with Crippen LogP contribution in [0, 0.1) is 3.57 Å². The van der Waals surface area contributed by atoms with Gasteiger partial charge < -0.3 is 13.9 Å². The van der Waals surface area contributed by atoms with Crippen molar-refractivity contribution in [1.82, 2.24) is 5.43 Å². The Morgan fingerprint density at radius 2 is 1.94 bits per heavy atom. The van der Waals surface area contributed by atoms with E-state index in [0.717, 1.165) is 25.8 Å². The van der Waals surface area contributed by atoms with Crippen LogP contribution in [0.2, 0.25) is 10.0 Å². The van der Waals surface area contributed by atoms with Gasteiger partial charge in [-0.15, -0.1) is 0 Å². The van der Waals surface area contributed by atoms with E-state index in [2.05, 4.69) is 33.1 Å². The van der Waals surface area contributed by atoms with Gasteiger partial charge in [0.2, 0.25) is 0 Å². The molecule has 1 amide bonds. The van der Waals surface area contributed by atoms with Crippen molar-refractivity contribution in [2.75, 3.05) is 6.61 Å². The maximum Gasteiger partial charge on any atom is 0.307 e. The Kier molecular flexibility index (Phi) is 7.97. The van der Waals surface area contributed by atoms with Crippen LogP contribution in [0.5, 0.6) is 11.5 Å². The number of carbonyl (C=O) groups excluding carboxylic acids is 1. The number of carbonyl (C=O) groups is 1. The average molecular weight is 609 g/mol. The van der Waals surface area contributed by atoms with Gasteiger partial charge in [-0.05, 0) is 89.7 Å². The number of nitrogens with zero attached hydrogens (tertiary/aromatic N) is 1. The summed E-state index contributed by atoms with van der Waals surface area (Å²) in [4.78, 5) is 12.4. The molecule has 1 heterocycles. The molecule has 1 N–H and O–H groups in total. The summed E-state index contributed by atoms with van der Waals surface area (Å²) in [6.45, 7) is 2.79. The second-order valence-corrected chi connectivity index (χ2v) is 9.16. The lowest BCUT2D eigenvalue weighted by molar-refractivity contribution is 0.0929. The van der Waals surface area contributed by atoms with Crippen molar-refractivity contribution in [2.45, 2.75) is 13.5 Å². The largest absolute Gasteiger partial charge is 0.494 e. The number of hydrogen-bond acceptors (Lipinski definition) is 5. The van der Waals surface area contributed by atoms with Gasteiger partial charge in [-0.3, -0.25) is 4.79 Å². The molecule has 4 aromatic rings. The van der Waals surface area contributed by atoms with E-state index in [1.54, 1.807) is 36.5 Å². The molecule has 0 saturated heterocycles. The molecule has 0 aliphatic heterocycles. The highest BCUT2D eigenvalue weighted by molar-refractivity contribution is 14.1. The number of furan rings is 1. The molecule has 34 heavy (non-hydrogen) atoms. The van der Waals surface area contributed by atoms with Crippen LogP contribution in [0.4, 0.5) is 0 Å². The zero-order valence-electron chi connectivity index (χ0n) is 18.0. The molecule has 0 atom stereocenters. The highest BCUT2D eigenvalue weighted by Crippen LogP contribution is 2.26. The maximum absolute atomic E-state index is 12.4. The Labute approximate surface area is 220 Å². The van der Waals surface area contributed by atoms with Crippen LogP contribution < -0.4 is 14.9 Å². The predicted molar refractivity (Wildman–Crippen MR) is 142 cm³/mol. The van der Waals surface area contributed by atoms with Gasteiger partial charge in [0.15, 0.2) is 5.76 Å². The highest BCUT2D eigenvalue weighted by atomic mass is 127. The number of rotatable bonds is 8. The van der Waals surface area contributed by atoms with E-state index in [1.165, 1.54) is 0 Å². The summed E-state index contributed by atoms with van der Waals surface area (Å²) in [7, 11) is 0. The van der Waals surface area contributed by atoms with Crippen LogP contribution in [0.1, 0.15) is 28.6 Å². The lowest BCUT2D eigenvalue weighted by Gasteiger charge is -2.10. The fourth-order valence-electron chi connectivity index (χ4n) is 3.12. The molecule has 0 aliphatic carbocycles. The molecule has 1 aromatic heterocycles. The van der Waals surface area contributed by atoms with Gasteiger partial charge in [0.05, 0.1) is 16.4 Å². The van der Waals surface area contributed by atoms with Gasteiger partial charge in [0.25, 0.3) is 0 Å². The molecule has 0 saturated carbocycles. The highest BCUT2D eigenvalue weighted by Gasteiger charge is 2.12. The molecular formula is C25H19Cl2IN2O4. The van der Waals surface area contributed by atoms with E-state index < -0.39 is 5.91 Å². The van der Waals surface area contributed by atoms with E-state index in [-0.39, 0.29) is 5.76 Å². The van der Waals surface area contributed by atoms with Gasteiger partial charge in [0, 0.05) is 21.0 Å². The minimum Gasteiger partial charge on any atom is -0.494 e. The minimum atomic E-state index is -0.445. The number of amides is 1. The van der Waals surface area contributed by atoms with Crippen molar-refractivity contribution in [3.05, 3.63) is 91.2 Å². The van der Waals surface area contributed by atoms with Crippen molar-refractivity contribution in [1.29, 1.82) is 0 Å². The van der Waals surface area contributed by atoms with Crippen LogP contribution in [0.3, 0.4) is 0 Å². The molecule has 0 bridgehead atoms. The summed E-state index contributed by atoms with van der Waals surface area (Å²) in [5, 5.41) is 5.95. The lowest BCUT2D eigenvalue weighted by Crippen LogP contribution is -2.16. The summed E-state index contributed by atoms with van der Waals surface area (Å²) in [5.74, 6) is 1.15. The maximum atomic E-state index is 12.4. The molecule has 0 spiro atoms. The van der Waals surface area contributed by atoms with Crippen molar-refractivity contribution in [3.63, 3.8) is 0 Å². The number of fused-ring (bicyclic) bond motifs is 1. The number of halogens is 3. The molecular weight excluding hydrogens is 590 g/mol. The Bertz CT molecular complexity index is 1370.